The smallest absolute Gasteiger partial charge is 0.129 e. The summed E-state index contributed by atoms with van der Waals surface area (Å²) in [5.41, 5.74) is 6.89. The molecule has 1 fully saturated rings. The summed E-state index contributed by atoms with van der Waals surface area (Å²) in [5.74, 6) is -0.242. The molecule has 0 aromatic heterocycles. The van der Waals surface area contributed by atoms with Crippen LogP contribution in [0.5, 0.6) is 0 Å². The summed E-state index contributed by atoms with van der Waals surface area (Å²) in [6.45, 7) is 1.79. The number of rotatable bonds is 3. The monoisotopic (exact) mass is 243 g/mol. The fraction of sp³-hybridized carbons (Fsp3) is 0.500. The van der Waals surface area contributed by atoms with E-state index >= 15 is 0 Å². The minimum absolute atomic E-state index is 0.200. The van der Waals surface area contributed by atoms with Crippen LogP contribution in [0.15, 0.2) is 12.1 Å². The second-order valence-corrected chi connectivity index (χ2v) is 4.82. The average Bonchev–Trinajstić information content (AvgIpc) is 3.06. The third kappa shape index (κ3) is 2.08. The van der Waals surface area contributed by atoms with Crippen LogP contribution < -0.4 is 5.73 Å². The van der Waals surface area contributed by atoms with Gasteiger partial charge in [0.25, 0.3) is 0 Å². The molecule has 2 nitrogen and oxygen atoms in total. The topological polar surface area (TPSA) is 46.2 Å². The van der Waals surface area contributed by atoms with Crippen LogP contribution in [0.25, 0.3) is 0 Å². The van der Waals surface area contributed by atoms with Crippen molar-refractivity contribution in [3.05, 3.63) is 34.1 Å². The molecule has 1 aliphatic carbocycles. The third-order valence-corrected chi connectivity index (χ3v) is 3.63. The van der Waals surface area contributed by atoms with E-state index in [1.54, 1.807) is 13.0 Å². The third-order valence-electron chi connectivity index (χ3n) is 3.13. The first-order valence-corrected chi connectivity index (χ1v) is 5.78. The molecule has 1 saturated carbocycles. The quantitative estimate of drug-likeness (QED) is 0.857. The van der Waals surface area contributed by atoms with Crippen LogP contribution in [0.4, 0.5) is 4.39 Å². The first kappa shape index (κ1) is 11.8. The van der Waals surface area contributed by atoms with Crippen LogP contribution in [-0.2, 0) is 0 Å². The molecule has 1 aliphatic rings. The summed E-state index contributed by atoms with van der Waals surface area (Å²) >= 11 is 6.03. The van der Waals surface area contributed by atoms with Gasteiger partial charge in [0.15, 0.2) is 0 Å². The molecule has 3 N–H and O–H groups in total. The molecule has 2 rings (SSSR count). The number of hydrogen-bond donors (Lipinski definition) is 2. The van der Waals surface area contributed by atoms with Crippen molar-refractivity contribution in [3.63, 3.8) is 0 Å². The highest BCUT2D eigenvalue weighted by molar-refractivity contribution is 6.32. The van der Waals surface area contributed by atoms with E-state index in [1.807, 2.05) is 0 Å². The maximum absolute atomic E-state index is 13.6. The molecule has 1 aromatic carbocycles. The Morgan fingerprint density at radius 3 is 2.69 bits per heavy atom. The standard InChI is InChI=1S/C12H15ClFNO/c1-6-2-5-8(14)9(10(6)13)11(15)12(16)7-3-4-7/h2,5,7,11-12,16H,3-4,15H2,1H3/t11-,12+/m0/s1. The molecule has 16 heavy (non-hydrogen) atoms. The van der Waals surface area contributed by atoms with E-state index < -0.39 is 18.0 Å². The van der Waals surface area contributed by atoms with Gasteiger partial charge in [-0.2, -0.15) is 0 Å². The van der Waals surface area contributed by atoms with Crippen LogP contribution in [0.2, 0.25) is 5.02 Å². The zero-order chi connectivity index (χ0) is 11.9. The first-order chi connectivity index (χ1) is 7.52. The van der Waals surface area contributed by atoms with Crippen molar-refractivity contribution >= 4 is 11.6 Å². The molecule has 88 valence electrons. The van der Waals surface area contributed by atoms with Crippen LogP contribution in [0.3, 0.4) is 0 Å². The minimum Gasteiger partial charge on any atom is -0.391 e. The first-order valence-electron chi connectivity index (χ1n) is 5.40. The average molecular weight is 244 g/mol. The summed E-state index contributed by atoms with van der Waals surface area (Å²) in [7, 11) is 0. The second kappa shape index (κ2) is 4.32. The van der Waals surface area contributed by atoms with Gasteiger partial charge in [-0.3, -0.25) is 0 Å². The fourth-order valence-electron chi connectivity index (χ4n) is 1.89. The van der Waals surface area contributed by atoms with Crippen molar-refractivity contribution in [2.24, 2.45) is 11.7 Å². The van der Waals surface area contributed by atoms with E-state index in [2.05, 4.69) is 0 Å². The van der Waals surface area contributed by atoms with Crippen molar-refractivity contribution in [1.82, 2.24) is 0 Å². The Kier molecular flexibility index (Phi) is 3.19. The number of aliphatic hydroxyl groups is 1. The molecule has 0 aliphatic heterocycles. The highest BCUT2D eigenvalue weighted by Crippen LogP contribution is 2.39. The van der Waals surface area contributed by atoms with E-state index in [-0.39, 0.29) is 11.5 Å². The summed E-state index contributed by atoms with van der Waals surface area (Å²) in [4.78, 5) is 0. The SMILES string of the molecule is Cc1ccc(F)c([C@H](N)[C@H](O)C2CC2)c1Cl. The van der Waals surface area contributed by atoms with Gasteiger partial charge in [-0.25, -0.2) is 4.39 Å². The van der Waals surface area contributed by atoms with E-state index in [0.29, 0.717) is 5.02 Å². The van der Waals surface area contributed by atoms with Gasteiger partial charge in [0.05, 0.1) is 17.2 Å². The Bertz CT molecular complexity index is 406. The Morgan fingerprint density at radius 2 is 2.12 bits per heavy atom. The lowest BCUT2D eigenvalue weighted by Crippen LogP contribution is -2.29. The normalized spacial score (nSPS) is 19.6. The highest BCUT2D eigenvalue weighted by atomic mass is 35.5. The number of hydrogen-bond acceptors (Lipinski definition) is 2. The zero-order valence-corrected chi connectivity index (χ0v) is 9.84. The fourth-order valence-corrected chi connectivity index (χ4v) is 2.16. The lowest BCUT2D eigenvalue weighted by Gasteiger charge is -2.21. The molecule has 0 unspecified atom stereocenters. The van der Waals surface area contributed by atoms with E-state index in [4.69, 9.17) is 17.3 Å². The maximum Gasteiger partial charge on any atom is 0.129 e. The molecule has 4 heteroatoms. The molecule has 2 atom stereocenters. The number of nitrogens with two attached hydrogens (primary N) is 1. The molecule has 0 bridgehead atoms. The van der Waals surface area contributed by atoms with Gasteiger partial charge in [0.2, 0.25) is 0 Å². The van der Waals surface area contributed by atoms with Crippen LogP contribution in [-0.4, -0.2) is 11.2 Å². The predicted molar refractivity (Wildman–Crippen MR) is 61.8 cm³/mol. The molecule has 0 saturated heterocycles. The van der Waals surface area contributed by atoms with Crippen molar-refractivity contribution in [1.29, 1.82) is 0 Å². The highest BCUT2D eigenvalue weighted by Gasteiger charge is 2.36. The second-order valence-electron chi connectivity index (χ2n) is 4.45. The van der Waals surface area contributed by atoms with Crippen molar-refractivity contribution in [3.8, 4) is 0 Å². The van der Waals surface area contributed by atoms with Gasteiger partial charge in [-0.05, 0) is 37.3 Å². The molecule has 0 radical (unpaired) electrons. The van der Waals surface area contributed by atoms with E-state index in [0.717, 1.165) is 18.4 Å². The van der Waals surface area contributed by atoms with Gasteiger partial charge in [-0.1, -0.05) is 17.7 Å². The number of aliphatic hydroxyl groups excluding tert-OH is 1. The Hall–Kier alpha value is -0.640. The van der Waals surface area contributed by atoms with Crippen molar-refractivity contribution < 1.29 is 9.50 Å². The molecule has 0 amide bonds. The van der Waals surface area contributed by atoms with E-state index in [1.165, 1.54) is 6.07 Å². The van der Waals surface area contributed by atoms with Crippen LogP contribution >= 0.6 is 11.6 Å². The molecule has 0 spiro atoms. The summed E-state index contributed by atoms with van der Waals surface area (Å²) in [6, 6.07) is 2.22. The molecule has 0 heterocycles. The number of halogens is 2. The van der Waals surface area contributed by atoms with Crippen molar-refractivity contribution in [2.45, 2.75) is 31.9 Å². The Morgan fingerprint density at radius 1 is 1.50 bits per heavy atom. The van der Waals surface area contributed by atoms with Crippen LogP contribution in [0.1, 0.15) is 30.0 Å². The van der Waals surface area contributed by atoms with Gasteiger partial charge in [0, 0.05) is 5.56 Å². The number of aryl methyl sites for hydroxylation is 1. The van der Waals surface area contributed by atoms with Crippen molar-refractivity contribution in [2.75, 3.05) is 0 Å². The van der Waals surface area contributed by atoms with Gasteiger partial charge in [0.1, 0.15) is 5.82 Å². The summed E-state index contributed by atoms with van der Waals surface area (Å²) in [5, 5.41) is 10.2. The van der Waals surface area contributed by atoms with E-state index in [9.17, 15) is 9.50 Å². The Labute approximate surface area is 99.2 Å². The lowest BCUT2D eigenvalue weighted by molar-refractivity contribution is 0.121. The van der Waals surface area contributed by atoms with Gasteiger partial charge in [-0.15, -0.1) is 0 Å². The lowest BCUT2D eigenvalue weighted by atomic mass is 9.97. The van der Waals surface area contributed by atoms with Gasteiger partial charge >= 0.3 is 0 Å². The minimum atomic E-state index is -0.736. The molecule has 1 aromatic rings. The largest absolute Gasteiger partial charge is 0.391 e. The number of benzene rings is 1. The predicted octanol–water partition coefficient (Wildman–Crippen LogP) is 2.56. The molecular formula is C12H15ClFNO. The summed E-state index contributed by atoms with van der Waals surface area (Å²) < 4.78 is 13.6. The Balaban J connectivity index is 2.34. The van der Waals surface area contributed by atoms with Gasteiger partial charge < -0.3 is 10.8 Å². The maximum atomic E-state index is 13.6. The summed E-state index contributed by atoms with van der Waals surface area (Å²) in [6.07, 6.45) is 1.22. The van der Waals surface area contributed by atoms with Crippen LogP contribution in [0, 0.1) is 18.7 Å². The zero-order valence-electron chi connectivity index (χ0n) is 9.08. The molecular weight excluding hydrogens is 229 g/mol.